The SMILES string of the molecule is Cc1cccc(NC(=O)C2CN(C(=O)c3cnccn3)C2)n1. The Balaban J connectivity index is 1.55. The molecule has 0 aromatic carbocycles. The van der Waals surface area contributed by atoms with Gasteiger partial charge in [0.15, 0.2) is 0 Å². The van der Waals surface area contributed by atoms with Crippen LogP contribution in [0.25, 0.3) is 0 Å². The smallest absolute Gasteiger partial charge is 0.274 e. The molecule has 22 heavy (non-hydrogen) atoms. The number of nitrogens with zero attached hydrogens (tertiary/aromatic N) is 4. The maximum absolute atomic E-state index is 12.1. The molecular formula is C15H15N5O2. The molecule has 0 atom stereocenters. The van der Waals surface area contributed by atoms with Crippen LogP contribution in [0.5, 0.6) is 0 Å². The molecule has 1 N–H and O–H groups in total. The molecule has 1 saturated heterocycles. The van der Waals surface area contributed by atoms with Crippen molar-refractivity contribution in [3.63, 3.8) is 0 Å². The number of aryl methyl sites for hydroxylation is 1. The Kier molecular flexibility index (Phi) is 3.78. The van der Waals surface area contributed by atoms with Gasteiger partial charge in [-0.2, -0.15) is 0 Å². The number of amides is 2. The van der Waals surface area contributed by atoms with Gasteiger partial charge < -0.3 is 10.2 Å². The van der Waals surface area contributed by atoms with Gasteiger partial charge in [-0.15, -0.1) is 0 Å². The molecule has 1 aliphatic heterocycles. The number of hydrogen-bond acceptors (Lipinski definition) is 5. The minimum atomic E-state index is -0.220. The molecule has 2 aromatic heterocycles. The Bertz CT molecular complexity index is 698. The number of nitrogens with one attached hydrogen (secondary N) is 1. The van der Waals surface area contributed by atoms with Crippen molar-refractivity contribution in [1.82, 2.24) is 19.9 Å². The summed E-state index contributed by atoms with van der Waals surface area (Å²) in [6, 6.07) is 5.44. The summed E-state index contributed by atoms with van der Waals surface area (Å²) in [6.07, 6.45) is 4.41. The summed E-state index contributed by atoms with van der Waals surface area (Å²) in [7, 11) is 0. The molecule has 1 fully saturated rings. The highest BCUT2D eigenvalue weighted by atomic mass is 16.2. The van der Waals surface area contributed by atoms with Crippen molar-refractivity contribution < 1.29 is 9.59 Å². The Morgan fingerprint density at radius 3 is 2.77 bits per heavy atom. The number of hydrogen-bond donors (Lipinski definition) is 1. The molecular weight excluding hydrogens is 282 g/mol. The van der Waals surface area contributed by atoms with Crippen molar-refractivity contribution in [1.29, 1.82) is 0 Å². The average Bonchev–Trinajstić information content (AvgIpc) is 2.46. The fraction of sp³-hybridized carbons (Fsp3) is 0.267. The van der Waals surface area contributed by atoms with Crippen LogP contribution in [0.2, 0.25) is 0 Å². The van der Waals surface area contributed by atoms with Crippen molar-refractivity contribution in [3.8, 4) is 0 Å². The van der Waals surface area contributed by atoms with Gasteiger partial charge in [-0.25, -0.2) is 9.97 Å². The Hall–Kier alpha value is -2.83. The highest BCUT2D eigenvalue weighted by Crippen LogP contribution is 2.19. The van der Waals surface area contributed by atoms with Crippen molar-refractivity contribution in [2.75, 3.05) is 18.4 Å². The number of likely N-dealkylation sites (tertiary alicyclic amines) is 1. The first-order valence-electron chi connectivity index (χ1n) is 6.93. The first kappa shape index (κ1) is 14.1. The predicted octanol–water partition coefficient (Wildman–Crippen LogP) is 0.891. The van der Waals surface area contributed by atoms with Crippen LogP contribution >= 0.6 is 0 Å². The summed E-state index contributed by atoms with van der Waals surface area (Å²) < 4.78 is 0. The third-order valence-electron chi connectivity index (χ3n) is 3.46. The number of carbonyl (C=O) groups is 2. The zero-order valence-electron chi connectivity index (χ0n) is 12.1. The number of pyridine rings is 1. The molecule has 112 valence electrons. The van der Waals surface area contributed by atoms with E-state index >= 15 is 0 Å². The maximum Gasteiger partial charge on any atom is 0.274 e. The van der Waals surface area contributed by atoms with E-state index in [9.17, 15) is 9.59 Å². The van der Waals surface area contributed by atoms with Crippen molar-refractivity contribution in [2.24, 2.45) is 5.92 Å². The van der Waals surface area contributed by atoms with E-state index in [2.05, 4.69) is 20.3 Å². The summed E-state index contributed by atoms with van der Waals surface area (Å²) in [4.78, 5) is 37.8. The highest BCUT2D eigenvalue weighted by Gasteiger charge is 2.36. The number of anilines is 1. The first-order chi connectivity index (χ1) is 10.6. The molecule has 0 saturated carbocycles. The van der Waals surface area contributed by atoms with Gasteiger partial charge in [0, 0.05) is 31.2 Å². The molecule has 3 heterocycles. The Morgan fingerprint density at radius 2 is 2.09 bits per heavy atom. The number of aromatic nitrogens is 3. The predicted molar refractivity (Wildman–Crippen MR) is 79.0 cm³/mol. The minimum absolute atomic E-state index is 0.124. The second-order valence-corrected chi connectivity index (χ2v) is 5.15. The molecule has 1 aliphatic rings. The van der Waals surface area contributed by atoms with Crippen LogP contribution in [0.3, 0.4) is 0 Å². The third kappa shape index (κ3) is 2.93. The van der Waals surface area contributed by atoms with Crippen LogP contribution in [0.4, 0.5) is 5.82 Å². The van der Waals surface area contributed by atoms with E-state index in [1.807, 2.05) is 19.1 Å². The van der Waals surface area contributed by atoms with E-state index in [1.54, 1.807) is 11.0 Å². The molecule has 2 aromatic rings. The molecule has 0 radical (unpaired) electrons. The van der Waals surface area contributed by atoms with Gasteiger partial charge >= 0.3 is 0 Å². The lowest BCUT2D eigenvalue weighted by Crippen LogP contribution is -2.54. The molecule has 7 heteroatoms. The van der Waals surface area contributed by atoms with Crippen LogP contribution in [0.15, 0.2) is 36.8 Å². The fourth-order valence-electron chi connectivity index (χ4n) is 2.22. The highest BCUT2D eigenvalue weighted by molar-refractivity contribution is 5.97. The zero-order valence-corrected chi connectivity index (χ0v) is 12.1. The van der Waals surface area contributed by atoms with E-state index in [0.29, 0.717) is 24.6 Å². The molecule has 0 bridgehead atoms. The molecule has 3 rings (SSSR count). The molecule has 0 spiro atoms. The van der Waals surface area contributed by atoms with Crippen molar-refractivity contribution >= 4 is 17.6 Å². The summed E-state index contributed by atoms with van der Waals surface area (Å²) in [6.45, 7) is 2.63. The van der Waals surface area contributed by atoms with Crippen LogP contribution < -0.4 is 5.32 Å². The number of carbonyl (C=O) groups excluding carboxylic acids is 2. The average molecular weight is 297 g/mol. The lowest BCUT2D eigenvalue weighted by molar-refractivity contribution is -0.123. The topological polar surface area (TPSA) is 88.1 Å². The quantitative estimate of drug-likeness (QED) is 0.909. The van der Waals surface area contributed by atoms with Gasteiger partial charge in [0.1, 0.15) is 11.5 Å². The summed E-state index contributed by atoms with van der Waals surface area (Å²) in [5.41, 5.74) is 1.13. The van der Waals surface area contributed by atoms with Crippen molar-refractivity contribution in [3.05, 3.63) is 48.2 Å². The van der Waals surface area contributed by atoms with E-state index < -0.39 is 0 Å². The second-order valence-electron chi connectivity index (χ2n) is 5.15. The first-order valence-corrected chi connectivity index (χ1v) is 6.93. The van der Waals surface area contributed by atoms with Crippen LogP contribution in [0, 0.1) is 12.8 Å². The van der Waals surface area contributed by atoms with Crippen molar-refractivity contribution in [2.45, 2.75) is 6.92 Å². The maximum atomic E-state index is 12.1. The molecule has 7 nitrogen and oxygen atoms in total. The standard InChI is InChI=1S/C15H15N5O2/c1-10-3-2-4-13(18-10)19-14(21)11-8-20(9-11)15(22)12-7-16-5-6-17-12/h2-7,11H,8-9H2,1H3,(H,18,19,21). The van der Waals surface area contributed by atoms with E-state index in [4.69, 9.17) is 0 Å². The van der Waals surface area contributed by atoms with Gasteiger partial charge in [-0.1, -0.05) is 6.07 Å². The normalized spacial score (nSPS) is 14.3. The molecule has 0 unspecified atom stereocenters. The van der Waals surface area contributed by atoms with E-state index in [1.165, 1.54) is 18.6 Å². The van der Waals surface area contributed by atoms with Crippen LogP contribution in [0.1, 0.15) is 16.2 Å². The van der Waals surface area contributed by atoms with Crippen LogP contribution in [-0.2, 0) is 4.79 Å². The third-order valence-corrected chi connectivity index (χ3v) is 3.46. The monoisotopic (exact) mass is 297 g/mol. The zero-order chi connectivity index (χ0) is 15.5. The van der Waals surface area contributed by atoms with Gasteiger partial charge in [0.05, 0.1) is 12.1 Å². The molecule has 0 aliphatic carbocycles. The second kappa shape index (κ2) is 5.88. The van der Waals surface area contributed by atoms with Gasteiger partial charge in [-0.3, -0.25) is 14.6 Å². The summed E-state index contributed by atoms with van der Waals surface area (Å²) in [5.74, 6) is -0.0150. The Labute approximate surface area is 127 Å². The largest absolute Gasteiger partial charge is 0.336 e. The lowest BCUT2D eigenvalue weighted by Gasteiger charge is -2.37. The molecule has 2 amide bonds. The number of rotatable bonds is 3. The summed E-state index contributed by atoms with van der Waals surface area (Å²) >= 11 is 0. The minimum Gasteiger partial charge on any atom is -0.336 e. The van der Waals surface area contributed by atoms with Gasteiger partial charge in [0.2, 0.25) is 5.91 Å². The Morgan fingerprint density at radius 1 is 1.27 bits per heavy atom. The van der Waals surface area contributed by atoms with E-state index in [0.717, 1.165) is 5.69 Å². The van der Waals surface area contributed by atoms with E-state index in [-0.39, 0.29) is 17.7 Å². The fourth-order valence-corrected chi connectivity index (χ4v) is 2.22. The lowest BCUT2D eigenvalue weighted by atomic mass is 9.98. The summed E-state index contributed by atoms with van der Waals surface area (Å²) in [5, 5.41) is 2.77. The van der Waals surface area contributed by atoms with Crippen LogP contribution in [-0.4, -0.2) is 44.8 Å². The van der Waals surface area contributed by atoms with Gasteiger partial charge in [0.25, 0.3) is 5.91 Å². The van der Waals surface area contributed by atoms with Gasteiger partial charge in [-0.05, 0) is 19.1 Å².